The molecule has 148 valence electrons. The maximum absolute atomic E-state index is 12.7. The summed E-state index contributed by atoms with van der Waals surface area (Å²) in [6, 6.07) is 17.3. The fourth-order valence-electron chi connectivity index (χ4n) is 3.45. The van der Waals surface area contributed by atoms with Gasteiger partial charge in [-0.3, -0.25) is 0 Å². The third-order valence-corrected chi connectivity index (χ3v) is 5.03. The minimum atomic E-state index is -2.48. The number of ether oxygens (including phenoxy) is 2. The lowest BCUT2D eigenvalue weighted by Crippen LogP contribution is -2.64. The SMILES string of the molecule is NC1(C(=O)OCCc2ccccc2)CCO[C@@H]1[C@](O)(C(=O)O)c1ccccc1. The van der Waals surface area contributed by atoms with Crippen molar-refractivity contribution in [2.75, 3.05) is 13.2 Å². The van der Waals surface area contributed by atoms with Gasteiger partial charge in [0.2, 0.25) is 5.60 Å². The largest absolute Gasteiger partial charge is 0.479 e. The Kier molecular flexibility index (Phi) is 5.79. The van der Waals surface area contributed by atoms with Gasteiger partial charge in [0.1, 0.15) is 11.6 Å². The molecule has 1 aliphatic rings. The van der Waals surface area contributed by atoms with Crippen molar-refractivity contribution in [3.05, 3.63) is 71.8 Å². The minimum Gasteiger partial charge on any atom is -0.479 e. The summed E-state index contributed by atoms with van der Waals surface area (Å²) < 4.78 is 10.8. The molecule has 0 radical (unpaired) electrons. The Morgan fingerprint density at radius 2 is 1.75 bits per heavy atom. The molecular weight excluding hydrogens is 362 g/mol. The molecule has 7 nitrogen and oxygen atoms in total. The maximum Gasteiger partial charge on any atom is 0.343 e. The van der Waals surface area contributed by atoms with Gasteiger partial charge in [0, 0.05) is 19.4 Å². The van der Waals surface area contributed by atoms with E-state index in [0.717, 1.165) is 5.56 Å². The third kappa shape index (κ3) is 3.64. The van der Waals surface area contributed by atoms with E-state index in [9.17, 15) is 19.8 Å². The minimum absolute atomic E-state index is 0.0391. The van der Waals surface area contributed by atoms with Gasteiger partial charge >= 0.3 is 11.9 Å². The fraction of sp³-hybridized carbons (Fsp3) is 0.333. The van der Waals surface area contributed by atoms with Crippen LogP contribution in [0.25, 0.3) is 0 Å². The molecule has 2 aromatic rings. The van der Waals surface area contributed by atoms with Crippen molar-refractivity contribution >= 4 is 11.9 Å². The number of esters is 1. The van der Waals surface area contributed by atoms with Crippen molar-refractivity contribution in [3.8, 4) is 0 Å². The van der Waals surface area contributed by atoms with Crippen LogP contribution in [0, 0.1) is 0 Å². The number of benzene rings is 2. The summed E-state index contributed by atoms with van der Waals surface area (Å²) in [5.74, 6) is -2.33. The van der Waals surface area contributed by atoms with Crippen LogP contribution in [0.4, 0.5) is 0 Å². The van der Waals surface area contributed by atoms with Crippen LogP contribution >= 0.6 is 0 Å². The summed E-state index contributed by atoms with van der Waals surface area (Å²) in [7, 11) is 0. The Balaban J connectivity index is 1.79. The molecule has 0 aromatic heterocycles. The molecule has 0 amide bonds. The van der Waals surface area contributed by atoms with Crippen LogP contribution in [-0.4, -0.2) is 47.0 Å². The molecular formula is C21H23NO6. The molecule has 3 rings (SSSR count). The number of aliphatic carboxylic acids is 1. The second kappa shape index (κ2) is 8.10. The average Bonchev–Trinajstić information content (AvgIpc) is 3.12. The van der Waals surface area contributed by atoms with Crippen molar-refractivity contribution in [1.29, 1.82) is 0 Å². The van der Waals surface area contributed by atoms with Crippen molar-refractivity contribution in [2.24, 2.45) is 5.73 Å². The van der Waals surface area contributed by atoms with Crippen molar-refractivity contribution in [3.63, 3.8) is 0 Å². The lowest BCUT2D eigenvalue weighted by atomic mass is 9.77. The molecule has 0 aliphatic carbocycles. The van der Waals surface area contributed by atoms with E-state index in [0.29, 0.717) is 6.42 Å². The summed E-state index contributed by atoms with van der Waals surface area (Å²) in [5, 5.41) is 20.8. The summed E-state index contributed by atoms with van der Waals surface area (Å²) in [4.78, 5) is 24.7. The lowest BCUT2D eigenvalue weighted by Gasteiger charge is -2.37. The van der Waals surface area contributed by atoms with Crippen LogP contribution in [0.5, 0.6) is 0 Å². The van der Waals surface area contributed by atoms with Gasteiger partial charge in [-0.2, -0.15) is 0 Å². The highest BCUT2D eigenvalue weighted by Crippen LogP contribution is 2.39. The molecule has 1 heterocycles. The fourth-order valence-corrected chi connectivity index (χ4v) is 3.45. The highest BCUT2D eigenvalue weighted by atomic mass is 16.6. The van der Waals surface area contributed by atoms with E-state index in [2.05, 4.69) is 0 Å². The summed E-state index contributed by atoms with van der Waals surface area (Å²) in [6.45, 7) is 0.128. The number of carbonyl (C=O) groups is 2. The van der Waals surface area contributed by atoms with Crippen LogP contribution in [-0.2, 0) is 31.1 Å². The second-order valence-electron chi connectivity index (χ2n) is 6.85. The Morgan fingerprint density at radius 1 is 1.14 bits per heavy atom. The van der Waals surface area contributed by atoms with Crippen molar-refractivity contribution in [2.45, 2.75) is 30.1 Å². The van der Waals surface area contributed by atoms with Gasteiger partial charge in [-0.25, -0.2) is 9.59 Å². The first kappa shape index (κ1) is 20.0. The monoisotopic (exact) mass is 385 g/mol. The van der Waals surface area contributed by atoms with Gasteiger partial charge in [-0.05, 0) is 11.1 Å². The van der Waals surface area contributed by atoms with Gasteiger partial charge < -0.3 is 25.4 Å². The number of aliphatic hydroxyl groups is 1. The average molecular weight is 385 g/mol. The number of hydrogen-bond acceptors (Lipinski definition) is 6. The molecule has 1 aliphatic heterocycles. The van der Waals surface area contributed by atoms with Gasteiger partial charge in [0.05, 0.1) is 6.61 Å². The highest BCUT2D eigenvalue weighted by Gasteiger charge is 2.61. The molecule has 7 heteroatoms. The molecule has 28 heavy (non-hydrogen) atoms. The Bertz CT molecular complexity index is 827. The van der Waals surface area contributed by atoms with Crippen LogP contribution < -0.4 is 5.73 Å². The molecule has 0 bridgehead atoms. The molecule has 1 fully saturated rings. The zero-order valence-electron chi connectivity index (χ0n) is 15.3. The predicted molar refractivity (Wildman–Crippen MR) is 100 cm³/mol. The van der Waals surface area contributed by atoms with E-state index >= 15 is 0 Å². The van der Waals surface area contributed by atoms with E-state index in [1.165, 1.54) is 12.1 Å². The number of carboxylic acids is 1. The van der Waals surface area contributed by atoms with Crippen LogP contribution in [0.15, 0.2) is 60.7 Å². The van der Waals surface area contributed by atoms with Crippen LogP contribution in [0.2, 0.25) is 0 Å². The molecule has 0 spiro atoms. The number of nitrogens with two attached hydrogens (primary N) is 1. The summed E-state index contributed by atoms with van der Waals surface area (Å²) in [6.07, 6.45) is -0.940. The number of carbonyl (C=O) groups excluding carboxylic acids is 1. The van der Waals surface area contributed by atoms with Crippen molar-refractivity contribution < 1.29 is 29.3 Å². The lowest BCUT2D eigenvalue weighted by molar-refractivity contribution is -0.184. The van der Waals surface area contributed by atoms with E-state index in [4.69, 9.17) is 15.2 Å². The third-order valence-electron chi connectivity index (χ3n) is 5.03. The quantitative estimate of drug-likeness (QED) is 0.613. The van der Waals surface area contributed by atoms with Gasteiger partial charge in [0.25, 0.3) is 0 Å². The Hall–Kier alpha value is -2.74. The maximum atomic E-state index is 12.7. The number of hydrogen-bond donors (Lipinski definition) is 3. The first-order chi connectivity index (χ1) is 13.4. The zero-order valence-corrected chi connectivity index (χ0v) is 15.3. The van der Waals surface area contributed by atoms with E-state index in [-0.39, 0.29) is 25.2 Å². The topological polar surface area (TPSA) is 119 Å². The van der Waals surface area contributed by atoms with Gasteiger partial charge in [-0.1, -0.05) is 60.7 Å². The van der Waals surface area contributed by atoms with E-state index in [1.807, 2.05) is 30.3 Å². The Morgan fingerprint density at radius 3 is 2.36 bits per heavy atom. The summed E-state index contributed by atoms with van der Waals surface area (Å²) in [5.41, 5.74) is 3.08. The molecule has 2 aromatic carbocycles. The Labute approximate surface area is 162 Å². The van der Waals surface area contributed by atoms with Gasteiger partial charge in [-0.15, -0.1) is 0 Å². The predicted octanol–water partition coefficient (Wildman–Crippen LogP) is 1.23. The van der Waals surface area contributed by atoms with Crippen molar-refractivity contribution in [1.82, 2.24) is 0 Å². The molecule has 1 unspecified atom stereocenters. The highest BCUT2D eigenvalue weighted by molar-refractivity contribution is 5.87. The molecule has 3 atom stereocenters. The molecule has 1 saturated heterocycles. The zero-order chi connectivity index (χ0) is 20.2. The van der Waals surface area contributed by atoms with Crippen LogP contribution in [0.3, 0.4) is 0 Å². The molecule has 4 N–H and O–H groups in total. The first-order valence-electron chi connectivity index (χ1n) is 9.02. The number of carboxylic acid groups (broad SMARTS) is 1. The van der Waals surface area contributed by atoms with Gasteiger partial charge in [0.15, 0.2) is 0 Å². The summed E-state index contributed by atoms with van der Waals surface area (Å²) >= 11 is 0. The van der Waals surface area contributed by atoms with Crippen LogP contribution in [0.1, 0.15) is 17.5 Å². The standard InChI is InChI=1S/C21H23NO6/c22-20(19(25)28-13-11-15-7-3-1-4-8-15)12-14-27-17(20)21(26,18(23)24)16-9-5-2-6-10-16/h1-10,17,26H,11-14,22H2,(H,23,24)/t17-,20?,21-/m0/s1. The number of rotatable bonds is 7. The first-order valence-corrected chi connectivity index (χ1v) is 9.02. The normalized spacial score (nSPS) is 23.7. The van der Waals surface area contributed by atoms with E-state index < -0.39 is 29.2 Å². The smallest absolute Gasteiger partial charge is 0.343 e. The molecule has 0 saturated carbocycles. The van der Waals surface area contributed by atoms with E-state index in [1.54, 1.807) is 18.2 Å². The second-order valence-corrected chi connectivity index (χ2v) is 6.85.